The van der Waals surface area contributed by atoms with Crippen LogP contribution in [-0.4, -0.2) is 20.5 Å². The molecular formula is C25H21N3O3. The lowest BCUT2D eigenvalue weighted by Crippen LogP contribution is -2.24. The van der Waals surface area contributed by atoms with E-state index in [0.29, 0.717) is 28.6 Å². The Morgan fingerprint density at radius 3 is 2.35 bits per heavy atom. The van der Waals surface area contributed by atoms with Crippen molar-refractivity contribution in [1.82, 2.24) is 4.57 Å². The highest BCUT2D eigenvalue weighted by Crippen LogP contribution is 2.40. The number of hydrogen-bond acceptors (Lipinski definition) is 5. The van der Waals surface area contributed by atoms with Gasteiger partial charge in [0.1, 0.15) is 17.1 Å². The highest BCUT2D eigenvalue weighted by atomic mass is 16.3. The monoisotopic (exact) mass is 411 g/mol. The number of nitrogens with zero attached hydrogens (tertiary/aromatic N) is 3. The SMILES string of the molecule is Cn1c(=O)c(C2=NN(c3ccccc3)[C@H](c3ccccc3O)C2)c(O)c2ccccc21. The molecule has 1 aromatic heterocycles. The van der Waals surface area contributed by atoms with Crippen LogP contribution in [0.4, 0.5) is 5.69 Å². The summed E-state index contributed by atoms with van der Waals surface area (Å²) in [5.41, 5.74) is 2.58. The highest BCUT2D eigenvalue weighted by molar-refractivity contribution is 6.08. The fourth-order valence-corrected chi connectivity index (χ4v) is 4.23. The zero-order valence-corrected chi connectivity index (χ0v) is 16.9. The van der Waals surface area contributed by atoms with E-state index in [1.807, 2.05) is 54.6 Å². The molecule has 5 rings (SSSR count). The van der Waals surface area contributed by atoms with E-state index in [2.05, 4.69) is 0 Å². The van der Waals surface area contributed by atoms with E-state index >= 15 is 0 Å². The van der Waals surface area contributed by atoms with Gasteiger partial charge in [0.05, 0.1) is 23.0 Å². The third kappa shape index (κ3) is 3.04. The van der Waals surface area contributed by atoms with Gasteiger partial charge in [0, 0.05) is 24.4 Å². The first-order valence-corrected chi connectivity index (χ1v) is 10.1. The van der Waals surface area contributed by atoms with Crippen molar-refractivity contribution in [3.63, 3.8) is 0 Å². The number of benzene rings is 3. The fraction of sp³-hybridized carbons (Fsp3) is 0.120. The Labute approximate surface area is 178 Å². The average Bonchev–Trinajstić information content (AvgIpc) is 3.23. The molecule has 3 aromatic carbocycles. The Balaban J connectivity index is 1.71. The van der Waals surface area contributed by atoms with E-state index in [-0.39, 0.29) is 28.7 Å². The Morgan fingerprint density at radius 2 is 1.58 bits per heavy atom. The second-order valence-electron chi connectivity index (χ2n) is 7.61. The molecule has 0 amide bonds. The highest BCUT2D eigenvalue weighted by Gasteiger charge is 2.34. The van der Waals surface area contributed by atoms with Crippen molar-refractivity contribution in [2.75, 3.05) is 5.01 Å². The Hall–Kier alpha value is -4.06. The van der Waals surface area contributed by atoms with Crippen LogP contribution in [0.15, 0.2) is 88.8 Å². The van der Waals surface area contributed by atoms with Crippen LogP contribution in [0.25, 0.3) is 10.9 Å². The van der Waals surface area contributed by atoms with Gasteiger partial charge in [-0.15, -0.1) is 0 Å². The van der Waals surface area contributed by atoms with Crippen LogP contribution < -0.4 is 10.6 Å². The van der Waals surface area contributed by atoms with Crippen LogP contribution in [-0.2, 0) is 7.05 Å². The predicted octanol–water partition coefficient (Wildman–Crippen LogP) is 4.31. The molecule has 0 unspecified atom stereocenters. The number of anilines is 1. The molecule has 1 aliphatic rings. The van der Waals surface area contributed by atoms with E-state index in [4.69, 9.17) is 5.10 Å². The minimum atomic E-state index is -0.311. The van der Waals surface area contributed by atoms with E-state index in [1.165, 1.54) is 4.57 Å². The first-order chi connectivity index (χ1) is 15.1. The van der Waals surface area contributed by atoms with Crippen molar-refractivity contribution in [3.05, 3.63) is 100 Å². The number of phenolic OH excluding ortho intramolecular Hbond substituents is 1. The summed E-state index contributed by atoms with van der Waals surface area (Å²) in [6.07, 6.45) is 0.369. The second-order valence-corrected chi connectivity index (χ2v) is 7.61. The van der Waals surface area contributed by atoms with Gasteiger partial charge in [0.15, 0.2) is 0 Å². The van der Waals surface area contributed by atoms with Crippen molar-refractivity contribution in [2.45, 2.75) is 12.5 Å². The molecule has 0 radical (unpaired) electrons. The summed E-state index contributed by atoms with van der Waals surface area (Å²) in [4.78, 5) is 13.2. The molecule has 0 bridgehead atoms. The maximum atomic E-state index is 13.2. The smallest absolute Gasteiger partial charge is 0.263 e. The maximum Gasteiger partial charge on any atom is 0.263 e. The van der Waals surface area contributed by atoms with Gasteiger partial charge in [-0.05, 0) is 30.3 Å². The van der Waals surface area contributed by atoms with Crippen molar-refractivity contribution < 1.29 is 10.2 Å². The van der Waals surface area contributed by atoms with Gasteiger partial charge in [0.25, 0.3) is 5.56 Å². The fourth-order valence-electron chi connectivity index (χ4n) is 4.23. The molecule has 0 fully saturated rings. The number of rotatable bonds is 3. The molecule has 0 saturated carbocycles. The predicted molar refractivity (Wildman–Crippen MR) is 122 cm³/mol. The van der Waals surface area contributed by atoms with Gasteiger partial charge in [-0.3, -0.25) is 9.80 Å². The topological polar surface area (TPSA) is 78.1 Å². The van der Waals surface area contributed by atoms with Crippen LogP contribution in [0.2, 0.25) is 0 Å². The molecule has 4 aromatic rings. The number of hydrogen-bond donors (Lipinski definition) is 2. The van der Waals surface area contributed by atoms with E-state index in [1.54, 1.807) is 36.3 Å². The third-order valence-electron chi connectivity index (χ3n) is 5.79. The first kappa shape index (κ1) is 18.9. The van der Waals surface area contributed by atoms with Crippen molar-refractivity contribution in [3.8, 4) is 11.5 Å². The summed E-state index contributed by atoms with van der Waals surface area (Å²) in [6.45, 7) is 0. The Kier molecular flexibility index (Phi) is 4.47. The van der Waals surface area contributed by atoms with Crippen molar-refractivity contribution in [2.24, 2.45) is 12.1 Å². The Bertz CT molecular complexity index is 1380. The third-order valence-corrected chi connectivity index (χ3v) is 5.79. The summed E-state index contributed by atoms with van der Waals surface area (Å²) in [5, 5.41) is 28.7. The molecule has 2 heterocycles. The first-order valence-electron chi connectivity index (χ1n) is 10.1. The van der Waals surface area contributed by atoms with E-state index in [9.17, 15) is 15.0 Å². The van der Waals surface area contributed by atoms with Gasteiger partial charge in [-0.2, -0.15) is 5.10 Å². The van der Waals surface area contributed by atoms with Gasteiger partial charge >= 0.3 is 0 Å². The van der Waals surface area contributed by atoms with Gasteiger partial charge in [0.2, 0.25) is 0 Å². The molecule has 6 heteroatoms. The Morgan fingerprint density at radius 1 is 0.903 bits per heavy atom. The van der Waals surface area contributed by atoms with Crippen LogP contribution in [0.5, 0.6) is 11.5 Å². The molecule has 0 spiro atoms. The molecule has 154 valence electrons. The number of aromatic nitrogens is 1. The van der Waals surface area contributed by atoms with Crippen LogP contribution >= 0.6 is 0 Å². The zero-order chi connectivity index (χ0) is 21.5. The summed E-state index contributed by atoms with van der Waals surface area (Å²) < 4.78 is 1.53. The lowest BCUT2D eigenvalue weighted by Gasteiger charge is -2.24. The van der Waals surface area contributed by atoms with E-state index < -0.39 is 0 Å². The number of hydrazone groups is 1. The minimum Gasteiger partial charge on any atom is -0.508 e. The number of aromatic hydroxyl groups is 2. The number of pyridine rings is 1. The summed E-state index contributed by atoms with van der Waals surface area (Å²) >= 11 is 0. The average molecular weight is 411 g/mol. The molecule has 0 aliphatic carbocycles. The summed E-state index contributed by atoms with van der Waals surface area (Å²) in [5.74, 6) is 0.101. The zero-order valence-electron chi connectivity index (χ0n) is 16.9. The molecule has 31 heavy (non-hydrogen) atoms. The number of phenols is 1. The number of fused-ring (bicyclic) bond motifs is 1. The van der Waals surface area contributed by atoms with Crippen LogP contribution in [0.3, 0.4) is 0 Å². The summed E-state index contributed by atoms with van der Waals surface area (Å²) in [7, 11) is 1.69. The second kappa shape index (κ2) is 7.32. The van der Waals surface area contributed by atoms with Gasteiger partial charge < -0.3 is 14.8 Å². The van der Waals surface area contributed by atoms with Crippen molar-refractivity contribution in [1.29, 1.82) is 0 Å². The molecule has 1 aliphatic heterocycles. The van der Waals surface area contributed by atoms with Gasteiger partial charge in [-0.1, -0.05) is 48.5 Å². The molecule has 1 atom stereocenters. The molecule has 6 nitrogen and oxygen atoms in total. The lowest BCUT2D eigenvalue weighted by molar-refractivity contribution is 0.461. The van der Waals surface area contributed by atoms with E-state index in [0.717, 1.165) is 5.69 Å². The van der Waals surface area contributed by atoms with Crippen molar-refractivity contribution >= 4 is 22.3 Å². The van der Waals surface area contributed by atoms with Crippen LogP contribution in [0.1, 0.15) is 23.6 Å². The number of aryl methyl sites for hydroxylation is 1. The number of para-hydroxylation sites is 3. The summed E-state index contributed by atoms with van der Waals surface area (Å²) in [6, 6.07) is 23.7. The van der Waals surface area contributed by atoms with Gasteiger partial charge in [-0.25, -0.2) is 0 Å². The standard InChI is InChI=1S/C25H21N3O3/c1-27-20-13-7-5-12-18(20)24(30)23(25(27)31)19-15-21(17-11-6-8-14-22(17)29)28(26-19)16-9-3-2-4-10-16/h2-14,21,29-30H,15H2,1H3/t21-/m0/s1. The molecule has 2 N–H and O–H groups in total. The quantitative estimate of drug-likeness (QED) is 0.527. The lowest BCUT2D eigenvalue weighted by atomic mass is 9.96. The maximum absolute atomic E-state index is 13.2. The molecule has 0 saturated heterocycles. The van der Waals surface area contributed by atoms with Crippen LogP contribution in [0, 0.1) is 0 Å². The molecular weight excluding hydrogens is 390 g/mol. The normalized spacial score (nSPS) is 16.0. The minimum absolute atomic E-state index is 0.0663. The largest absolute Gasteiger partial charge is 0.508 e.